The number of hydrogen-bond acceptors (Lipinski definition) is 1. The first-order valence-electron chi connectivity index (χ1n) is 5.42. The molecule has 0 unspecified atom stereocenters. The van der Waals surface area contributed by atoms with Crippen LogP contribution in [-0.4, -0.2) is 9.55 Å². The quantitative estimate of drug-likeness (QED) is 0.730. The van der Waals surface area contributed by atoms with E-state index in [0.29, 0.717) is 12.0 Å². The van der Waals surface area contributed by atoms with E-state index in [4.69, 9.17) is 11.6 Å². The molecule has 1 saturated carbocycles. The van der Waals surface area contributed by atoms with Crippen LogP contribution in [0.1, 0.15) is 57.3 Å². The minimum atomic E-state index is 0.417. The SMILES string of the molecule is CC(C)n1c(Cl)cnc1C1CCCC1. The van der Waals surface area contributed by atoms with Crippen molar-refractivity contribution in [3.05, 3.63) is 17.2 Å². The van der Waals surface area contributed by atoms with Crippen molar-refractivity contribution in [2.24, 2.45) is 0 Å². The number of nitrogens with zero attached hydrogens (tertiary/aromatic N) is 2. The highest BCUT2D eigenvalue weighted by Crippen LogP contribution is 2.35. The molecule has 2 rings (SSSR count). The normalized spacial score (nSPS) is 18.3. The van der Waals surface area contributed by atoms with Crippen LogP contribution in [0.3, 0.4) is 0 Å². The van der Waals surface area contributed by atoms with Crippen molar-refractivity contribution < 1.29 is 0 Å². The van der Waals surface area contributed by atoms with Gasteiger partial charge in [0.25, 0.3) is 0 Å². The van der Waals surface area contributed by atoms with Crippen LogP contribution in [0, 0.1) is 0 Å². The summed E-state index contributed by atoms with van der Waals surface area (Å²) in [6, 6.07) is 0.417. The number of aromatic nitrogens is 2. The van der Waals surface area contributed by atoms with Crippen LogP contribution in [0.15, 0.2) is 6.20 Å². The van der Waals surface area contributed by atoms with Gasteiger partial charge in [0.2, 0.25) is 0 Å². The molecule has 78 valence electrons. The molecular formula is C11H17ClN2. The Bertz CT molecular complexity index is 311. The van der Waals surface area contributed by atoms with Gasteiger partial charge in [-0.1, -0.05) is 24.4 Å². The molecule has 0 N–H and O–H groups in total. The Morgan fingerprint density at radius 3 is 2.64 bits per heavy atom. The second kappa shape index (κ2) is 3.93. The minimum Gasteiger partial charge on any atom is -0.316 e. The molecule has 0 saturated heterocycles. The van der Waals surface area contributed by atoms with E-state index in [2.05, 4.69) is 23.4 Å². The monoisotopic (exact) mass is 212 g/mol. The summed E-state index contributed by atoms with van der Waals surface area (Å²) < 4.78 is 2.16. The van der Waals surface area contributed by atoms with Gasteiger partial charge >= 0.3 is 0 Å². The van der Waals surface area contributed by atoms with Crippen molar-refractivity contribution in [3.63, 3.8) is 0 Å². The molecular weight excluding hydrogens is 196 g/mol. The molecule has 1 heterocycles. The second-order valence-electron chi connectivity index (χ2n) is 4.38. The summed E-state index contributed by atoms with van der Waals surface area (Å²) in [5.74, 6) is 1.84. The summed E-state index contributed by atoms with van der Waals surface area (Å²) >= 11 is 6.12. The van der Waals surface area contributed by atoms with E-state index in [9.17, 15) is 0 Å². The molecule has 1 aromatic rings. The molecule has 1 aliphatic rings. The fourth-order valence-electron chi connectivity index (χ4n) is 2.35. The van der Waals surface area contributed by atoms with Gasteiger partial charge in [0.15, 0.2) is 0 Å². The molecule has 0 atom stereocenters. The number of halogens is 1. The highest BCUT2D eigenvalue weighted by Gasteiger charge is 2.23. The Kier molecular flexibility index (Phi) is 2.82. The van der Waals surface area contributed by atoms with Gasteiger partial charge in [-0.05, 0) is 26.7 Å². The zero-order valence-electron chi connectivity index (χ0n) is 8.83. The number of imidazole rings is 1. The largest absolute Gasteiger partial charge is 0.316 e. The Morgan fingerprint density at radius 1 is 1.43 bits per heavy atom. The fourth-order valence-corrected chi connectivity index (χ4v) is 2.68. The maximum atomic E-state index is 6.12. The summed E-state index contributed by atoms with van der Waals surface area (Å²) in [5, 5.41) is 0.780. The molecule has 0 aromatic carbocycles. The minimum absolute atomic E-state index is 0.417. The van der Waals surface area contributed by atoms with Crippen molar-refractivity contribution in [2.75, 3.05) is 0 Å². The van der Waals surface area contributed by atoms with E-state index >= 15 is 0 Å². The van der Waals surface area contributed by atoms with E-state index in [0.717, 1.165) is 5.15 Å². The lowest BCUT2D eigenvalue weighted by atomic mass is 10.1. The average molecular weight is 213 g/mol. The van der Waals surface area contributed by atoms with Gasteiger partial charge in [0, 0.05) is 12.0 Å². The average Bonchev–Trinajstić information content (AvgIpc) is 2.70. The van der Waals surface area contributed by atoms with E-state index in [1.807, 2.05) is 0 Å². The summed E-state index contributed by atoms with van der Waals surface area (Å²) in [6.45, 7) is 4.32. The first-order valence-corrected chi connectivity index (χ1v) is 5.80. The Labute approximate surface area is 90.3 Å². The Balaban J connectivity index is 2.32. The molecule has 0 spiro atoms. The highest BCUT2D eigenvalue weighted by atomic mass is 35.5. The molecule has 0 amide bonds. The lowest BCUT2D eigenvalue weighted by Crippen LogP contribution is -2.09. The molecule has 1 aromatic heterocycles. The van der Waals surface area contributed by atoms with Gasteiger partial charge in [0.05, 0.1) is 6.20 Å². The number of hydrogen-bond donors (Lipinski definition) is 0. The summed E-state index contributed by atoms with van der Waals surface area (Å²) in [7, 11) is 0. The zero-order chi connectivity index (χ0) is 10.1. The van der Waals surface area contributed by atoms with Crippen LogP contribution in [0.2, 0.25) is 5.15 Å². The molecule has 1 aliphatic carbocycles. The first kappa shape index (κ1) is 10.0. The lowest BCUT2D eigenvalue weighted by Gasteiger charge is -2.16. The second-order valence-corrected chi connectivity index (χ2v) is 4.77. The number of rotatable bonds is 2. The molecule has 1 fully saturated rings. The fraction of sp³-hybridized carbons (Fsp3) is 0.727. The first-order chi connectivity index (χ1) is 6.70. The third-order valence-electron chi connectivity index (χ3n) is 3.02. The molecule has 14 heavy (non-hydrogen) atoms. The van der Waals surface area contributed by atoms with Gasteiger partial charge in [0.1, 0.15) is 11.0 Å². The lowest BCUT2D eigenvalue weighted by molar-refractivity contribution is 0.529. The molecule has 2 nitrogen and oxygen atoms in total. The third-order valence-corrected chi connectivity index (χ3v) is 3.30. The summed E-state index contributed by atoms with van der Waals surface area (Å²) in [5.41, 5.74) is 0. The van der Waals surface area contributed by atoms with Gasteiger partial charge in [-0.15, -0.1) is 0 Å². The van der Waals surface area contributed by atoms with E-state index in [1.165, 1.54) is 31.5 Å². The van der Waals surface area contributed by atoms with Crippen LogP contribution in [0.25, 0.3) is 0 Å². The summed E-state index contributed by atoms with van der Waals surface area (Å²) in [6.07, 6.45) is 7.02. The maximum absolute atomic E-state index is 6.12. The van der Waals surface area contributed by atoms with Crippen LogP contribution in [0.5, 0.6) is 0 Å². The van der Waals surface area contributed by atoms with Gasteiger partial charge in [-0.2, -0.15) is 0 Å². The zero-order valence-corrected chi connectivity index (χ0v) is 9.59. The van der Waals surface area contributed by atoms with Crippen molar-refractivity contribution in [1.29, 1.82) is 0 Å². The van der Waals surface area contributed by atoms with Gasteiger partial charge in [-0.3, -0.25) is 0 Å². The Morgan fingerprint density at radius 2 is 2.07 bits per heavy atom. The van der Waals surface area contributed by atoms with Crippen molar-refractivity contribution in [2.45, 2.75) is 51.5 Å². The van der Waals surface area contributed by atoms with E-state index in [-0.39, 0.29) is 0 Å². The van der Waals surface area contributed by atoms with E-state index < -0.39 is 0 Å². The van der Waals surface area contributed by atoms with Crippen molar-refractivity contribution >= 4 is 11.6 Å². The predicted octanol–water partition coefficient (Wildman–Crippen LogP) is 3.78. The third kappa shape index (κ3) is 1.68. The van der Waals surface area contributed by atoms with Gasteiger partial charge < -0.3 is 4.57 Å². The van der Waals surface area contributed by atoms with Gasteiger partial charge in [-0.25, -0.2) is 4.98 Å². The topological polar surface area (TPSA) is 17.8 Å². The van der Waals surface area contributed by atoms with Crippen LogP contribution < -0.4 is 0 Å². The highest BCUT2D eigenvalue weighted by molar-refractivity contribution is 6.29. The molecule has 0 bridgehead atoms. The summed E-state index contributed by atoms with van der Waals surface area (Å²) in [4.78, 5) is 4.45. The maximum Gasteiger partial charge on any atom is 0.129 e. The Hall–Kier alpha value is -0.500. The predicted molar refractivity (Wildman–Crippen MR) is 58.8 cm³/mol. The van der Waals surface area contributed by atoms with E-state index in [1.54, 1.807) is 6.20 Å². The van der Waals surface area contributed by atoms with Crippen molar-refractivity contribution in [3.8, 4) is 0 Å². The standard InChI is InChI=1S/C11H17ClN2/c1-8(2)14-10(12)7-13-11(14)9-5-3-4-6-9/h7-9H,3-6H2,1-2H3. The van der Waals surface area contributed by atoms with Crippen LogP contribution in [-0.2, 0) is 0 Å². The smallest absolute Gasteiger partial charge is 0.129 e. The van der Waals surface area contributed by atoms with Crippen LogP contribution >= 0.6 is 11.6 Å². The molecule has 0 radical (unpaired) electrons. The van der Waals surface area contributed by atoms with Crippen molar-refractivity contribution in [1.82, 2.24) is 9.55 Å². The molecule has 3 heteroatoms. The molecule has 0 aliphatic heterocycles. The van der Waals surface area contributed by atoms with Crippen LogP contribution in [0.4, 0.5) is 0 Å².